The van der Waals surface area contributed by atoms with Crippen LogP contribution in [0.25, 0.3) is 0 Å². The maximum Gasteiger partial charge on any atom is 0.220 e. The summed E-state index contributed by atoms with van der Waals surface area (Å²) in [4.78, 5) is 11.6. The summed E-state index contributed by atoms with van der Waals surface area (Å²) < 4.78 is 0. The van der Waals surface area contributed by atoms with Crippen LogP contribution >= 0.6 is 12.6 Å². The van der Waals surface area contributed by atoms with Crippen molar-refractivity contribution in [1.82, 2.24) is 10.6 Å². The first kappa shape index (κ1) is 17.1. The Morgan fingerprint density at radius 1 is 1.35 bits per heavy atom. The van der Waals surface area contributed by atoms with Crippen molar-refractivity contribution in [1.29, 1.82) is 0 Å². The molecule has 0 aromatic rings. The van der Waals surface area contributed by atoms with Crippen LogP contribution in [0.5, 0.6) is 0 Å². The molecule has 0 aliphatic rings. The van der Waals surface area contributed by atoms with Crippen LogP contribution in [0.1, 0.15) is 39.0 Å². The van der Waals surface area contributed by atoms with Crippen molar-refractivity contribution in [3.8, 4) is 0 Å². The third kappa shape index (κ3) is 11.0. The summed E-state index contributed by atoms with van der Waals surface area (Å²) in [6.45, 7) is 2.98. The molecule has 2 atom stereocenters. The highest BCUT2D eigenvalue weighted by Crippen LogP contribution is 2.10. The Morgan fingerprint density at radius 3 is 2.65 bits per heavy atom. The van der Waals surface area contributed by atoms with E-state index < -0.39 is 0 Å². The number of amides is 1. The van der Waals surface area contributed by atoms with Gasteiger partial charge in [0.15, 0.2) is 0 Å². The molecule has 1 unspecified atom stereocenters. The molecule has 1 amide bonds. The van der Waals surface area contributed by atoms with Crippen LogP contribution in [0.15, 0.2) is 0 Å². The summed E-state index contributed by atoms with van der Waals surface area (Å²) in [7, 11) is 1.92. The van der Waals surface area contributed by atoms with Crippen LogP contribution in [-0.4, -0.2) is 36.5 Å². The number of carbonyl (C=O) groups excluding carboxylic acids is 1. The predicted molar refractivity (Wildman–Crippen MR) is 82.4 cm³/mol. The Bertz CT molecular complexity index is 203. The summed E-state index contributed by atoms with van der Waals surface area (Å²) in [6, 6.07) is 0.254. The summed E-state index contributed by atoms with van der Waals surface area (Å²) in [6.07, 6.45) is 4.57. The third-order valence-corrected chi connectivity index (χ3v) is 3.46. The van der Waals surface area contributed by atoms with Gasteiger partial charge in [-0.1, -0.05) is 0 Å². The van der Waals surface area contributed by atoms with E-state index in [-0.39, 0.29) is 11.9 Å². The van der Waals surface area contributed by atoms with Gasteiger partial charge in [-0.2, -0.15) is 12.6 Å². The van der Waals surface area contributed by atoms with Crippen LogP contribution in [0.2, 0.25) is 0 Å². The van der Waals surface area contributed by atoms with Gasteiger partial charge in [-0.25, -0.2) is 0 Å². The van der Waals surface area contributed by atoms with Crippen LogP contribution < -0.4 is 10.6 Å². The van der Waals surface area contributed by atoms with E-state index in [9.17, 15) is 4.79 Å². The second-order valence-corrected chi connectivity index (χ2v) is 5.68. The molecule has 0 rings (SSSR count). The molecule has 0 aromatic carbocycles. The summed E-state index contributed by atoms with van der Waals surface area (Å²) >= 11 is 7.90. The fourth-order valence-corrected chi connectivity index (χ4v) is 2.49. The zero-order chi connectivity index (χ0) is 13.1. The lowest BCUT2D eigenvalue weighted by Gasteiger charge is -2.14. The highest BCUT2D eigenvalue weighted by Gasteiger charge is 2.08. The lowest BCUT2D eigenvalue weighted by Crippen LogP contribution is -2.34. The van der Waals surface area contributed by atoms with Crippen molar-refractivity contribution in [3.63, 3.8) is 0 Å². The Hall–Kier alpha value is 0.130. The Morgan fingerprint density at radius 2 is 2.06 bits per heavy atom. The number of hydrogen-bond acceptors (Lipinski definition) is 3. The van der Waals surface area contributed by atoms with Crippen LogP contribution in [0, 0.1) is 0 Å². The van der Waals surface area contributed by atoms with E-state index in [1.807, 2.05) is 14.0 Å². The second kappa shape index (κ2) is 11.2. The Labute approximate surface area is 116 Å². The maximum absolute atomic E-state index is 11.6. The summed E-state index contributed by atoms with van der Waals surface area (Å²) in [5.74, 6) is 1.13. The average Bonchev–Trinajstić information content (AvgIpc) is 2.26. The van der Waals surface area contributed by atoms with E-state index in [4.69, 9.17) is 0 Å². The second-order valence-electron chi connectivity index (χ2n) is 4.45. The highest BCUT2D eigenvalue weighted by atomic mass is 32.1. The molecule has 102 valence electrons. The topological polar surface area (TPSA) is 41.1 Å². The molecule has 5 heteroatoms. The number of carbonyl (C=O) groups is 1. The molecule has 0 aromatic heterocycles. The van der Waals surface area contributed by atoms with Gasteiger partial charge >= 0.3 is 0 Å². The Kier molecular flexibility index (Phi) is 11.3. The van der Waals surface area contributed by atoms with E-state index in [0.717, 1.165) is 38.0 Å². The van der Waals surface area contributed by atoms with Gasteiger partial charge in [-0.05, 0) is 52.4 Å². The van der Waals surface area contributed by atoms with E-state index in [1.54, 1.807) is 0 Å². The molecule has 0 heterocycles. The van der Waals surface area contributed by atoms with Gasteiger partial charge in [0.05, 0.1) is 0 Å². The molecule has 0 aliphatic carbocycles. The van der Waals surface area contributed by atoms with E-state index >= 15 is 0 Å². The molecule has 0 spiro atoms. The lowest BCUT2D eigenvalue weighted by atomic mass is 10.1. The quantitative estimate of drug-likeness (QED) is 0.412. The first-order chi connectivity index (χ1) is 8.10. The highest BCUT2D eigenvalue weighted by molar-refractivity contribution is 7.81. The van der Waals surface area contributed by atoms with Gasteiger partial charge in [0, 0.05) is 24.1 Å². The number of thiol groups is 1. The maximum atomic E-state index is 11.6. The molecule has 0 saturated carbocycles. The van der Waals surface area contributed by atoms with Crippen molar-refractivity contribution in [2.75, 3.05) is 19.3 Å². The van der Waals surface area contributed by atoms with Crippen molar-refractivity contribution in [2.45, 2.75) is 50.3 Å². The molecule has 0 aliphatic heterocycles. The average molecular weight is 279 g/mol. The lowest BCUT2D eigenvalue weighted by molar-refractivity contribution is -0.121. The normalized spacial score (nSPS) is 14.4. The molecular formula is C12H27N2OS2+. The standard InChI is InChI=1S/C12H26N2OS2/c1-10(6-8-13-2)14-12(15)5-3-4-11(17)7-9-16/h10-11,13,16-17H,3-9H2,1-2H3,(H,14,15)/p+1/t10-,11?/m0/s1. The van der Waals surface area contributed by atoms with Crippen molar-refractivity contribution in [2.24, 2.45) is 0 Å². The van der Waals surface area contributed by atoms with E-state index in [0.29, 0.717) is 11.7 Å². The van der Waals surface area contributed by atoms with Gasteiger partial charge in [0.2, 0.25) is 5.91 Å². The molecule has 3 nitrogen and oxygen atoms in total. The SMILES string of the molecule is CNCC[C@H](C)NC(=O)CCCC(S)CC[SH2+]. The monoisotopic (exact) mass is 279 g/mol. The predicted octanol–water partition coefficient (Wildman–Crippen LogP) is 0.971. The van der Waals surface area contributed by atoms with Gasteiger partial charge in [-0.15, -0.1) is 0 Å². The molecule has 17 heavy (non-hydrogen) atoms. The third-order valence-electron chi connectivity index (χ3n) is 2.65. The molecule has 0 bridgehead atoms. The minimum absolute atomic E-state index is 0.160. The Balaban J connectivity index is 3.51. The summed E-state index contributed by atoms with van der Waals surface area (Å²) in [5, 5.41) is 6.49. The van der Waals surface area contributed by atoms with Crippen LogP contribution in [0.3, 0.4) is 0 Å². The molecular weight excluding hydrogens is 252 g/mol. The zero-order valence-electron chi connectivity index (χ0n) is 11.0. The smallest absolute Gasteiger partial charge is 0.220 e. The van der Waals surface area contributed by atoms with Gasteiger partial charge in [0.25, 0.3) is 0 Å². The first-order valence-corrected chi connectivity index (χ1v) is 7.59. The van der Waals surface area contributed by atoms with Gasteiger partial charge in [0.1, 0.15) is 5.75 Å². The number of hydrogen-bond donors (Lipinski definition) is 3. The summed E-state index contributed by atoms with van der Waals surface area (Å²) in [5.41, 5.74) is 0. The van der Waals surface area contributed by atoms with Gasteiger partial charge < -0.3 is 10.6 Å². The molecule has 0 saturated heterocycles. The minimum atomic E-state index is 0.160. The van der Waals surface area contributed by atoms with Crippen molar-refractivity contribution < 1.29 is 4.79 Å². The van der Waals surface area contributed by atoms with Crippen molar-refractivity contribution in [3.05, 3.63) is 0 Å². The van der Waals surface area contributed by atoms with Crippen molar-refractivity contribution >= 4 is 31.2 Å². The molecule has 0 fully saturated rings. The molecule has 2 N–H and O–H groups in total. The van der Waals surface area contributed by atoms with Gasteiger partial charge in [-0.3, -0.25) is 4.79 Å². The largest absolute Gasteiger partial charge is 0.354 e. The fraction of sp³-hybridized carbons (Fsp3) is 0.917. The fourth-order valence-electron chi connectivity index (χ4n) is 1.59. The minimum Gasteiger partial charge on any atom is -0.354 e. The number of nitrogens with one attached hydrogen (secondary N) is 2. The van der Waals surface area contributed by atoms with Crippen LogP contribution in [-0.2, 0) is 17.4 Å². The van der Waals surface area contributed by atoms with Crippen LogP contribution in [0.4, 0.5) is 0 Å². The van der Waals surface area contributed by atoms with E-state index in [1.165, 1.54) is 0 Å². The zero-order valence-corrected chi connectivity index (χ0v) is 12.9. The number of rotatable bonds is 10. The first-order valence-electron chi connectivity index (χ1n) is 6.36. The van der Waals surface area contributed by atoms with E-state index in [2.05, 4.69) is 35.9 Å². The molecule has 0 radical (unpaired) electrons.